The molecular formula is C14H19NO2S. The van der Waals surface area contributed by atoms with Crippen LogP contribution in [0.4, 0.5) is 0 Å². The van der Waals surface area contributed by atoms with Gasteiger partial charge in [0.1, 0.15) is 5.54 Å². The largest absolute Gasteiger partial charge is 0.465 e. The van der Waals surface area contributed by atoms with Crippen LogP contribution < -0.4 is 5.73 Å². The first kappa shape index (κ1) is 13.4. The predicted molar refractivity (Wildman–Crippen MR) is 73.4 cm³/mol. The second kappa shape index (κ2) is 5.76. The first-order valence-electron chi connectivity index (χ1n) is 6.30. The first-order valence-corrected chi connectivity index (χ1v) is 7.29. The summed E-state index contributed by atoms with van der Waals surface area (Å²) in [5.41, 5.74) is 5.46. The van der Waals surface area contributed by atoms with Gasteiger partial charge in [-0.1, -0.05) is 18.2 Å². The summed E-state index contributed by atoms with van der Waals surface area (Å²) >= 11 is 1.62. The molecule has 1 saturated carbocycles. The van der Waals surface area contributed by atoms with Crippen LogP contribution in [0.5, 0.6) is 0 Å². The molecule has 3 nitrogen and oxygen atoms in total. The van der Waals surface area contributed by atoms with Gasteiger partial charge in [-0.2, -0.15) is 0 Å². The maximum absolute atomic E-state index is 12.0. The van der Waals surface area contributed by atoms with Crippen LogP contribution in [-0.4, -0.2) is 23.9 Å². The van der Waals surface area contributed by atoms with Crippen LogP contribution in [0.25, 0.3) is 0 Å². The number of esters is 1. The number of thioether (sulfide) groups is 1. The topological polar surface area (TPSA) is 52.3 Å². The second-order valence-electron chi connectivity index (χ2n) is 4.64. The van der Waals surface area contributed by atoms with Crippen molar-refractivity contribution in [2.24, 2.45) is 11.7 Å². The van der Waals surface area contributed by atoms with E-state index < -0.39 is 5.54 Å². The molecule has 0 amide bonds. The number of hydrogen-bond donors (Lipinski definition) is 1. The molecule has 2 rings (SSSR count). The molecule has 1 fully saturated rings. The van der Waals surface area contributed by atoms with Gasteiger partial charge in [0, 0.05) is 10.6 Å². The standard InChI is InChI=1S/C14H19NO2S/c1-2-17-13(16)14(15,11-8-9-11)10-18-12-6-4-3-5-7-12/h3-7,11H,2,8-10,15H2,1H3. The summed E-state index contributed by atoms with van der Waals surface area (Å²) in [6.07, 6.45) is 2.06. The monoisotopic (exact) mass is 265 g/mol. The molecule has 0 radical (unpaired) electrons. The second-order valence-corrected chi connectivity index (χ2v) is 5.69. The highest BCUT2D eigenvalue weighted by atomic mass is 32.2. The van der Waals surface area contributed by atoms with Gasteiger partial charge >= 0.3 is 5.97 Å². The molecule has 1 aromatic rings. The van der Waals surface area contributed by atoms with Gasteiger partial charge in [-0.05, 0) is 37.8 Å². The molecule has 0 heterocycles. The number of carbonyl (C=O) groups excluding carboxylic acids is 1. The molecule has 1 atom stereocenters. The van der Waals surface area contributed by atoms with E-state index in [1.54, 1.807) is 11.8 Å². The van der Waals surface area contributed by atoms with Gasteiger partial charge in [0.15, 0.2) is 0 Å². The smallest absolute Gasteiger partial charge is 0.327 e. The van der Waals surface area contributed by atoms with Crippen molar-refractivity contribution in [2.45, 2.75) is 30.2 Å². The van der Waals surface area contributed by atoms with E-state index in [1.807, 2.05) is 37.3 Å². The van der Waals surface area contributed by atoms with Crippen molar-refractivity contribution in [3.8, 4) is 0 Å². The van der Waals surface area contributed by atoms with Gasteiger partial charge in [0.2, 0.25) is 0 Å². The highest BCUT2D eigenvalue weighted by molar-refractivity contribution is 7.99. The van der Waals surface area contributed by atoms with E-state index in [1.165, 1.54) is 0 Å². The van der Waals surface area contributed by atoms with E-state index in [2.05, 4.69) is 0 Å². The highest BCUT2D eigenvalue weighted by Crippen LogP contribution is 2.41. The van der Waals surface area contributed by atoms with Crippen molar-refractivity contribution in [1.82, 2.24) is 0 Å². The molecule has 4 heteroatoms. The van der Waals surface area contributed by atoms with Gasteiger partial charge in [-0.15, -0.1) is 11.8 Å². The Hall–Kier alpha value is -1.00. The zero-order valence-electron chi connectivity index (χ0n) is 10.6. The number of hydrogen-bond acceptors (Lipinski definition) is 4. The Morgan fingerprint density at radius 1 is 1.44 bits per heavy atom. The van der Waals surface area contributed by atoms with Crippen molar-refractivity contribution >= 4 is 17.7 Å². The van der Waals surface area contributed by atoms with E-state index in [-0.39, 0.29) is 11.9 Å². The molecule has 0 saturated heterocycles. The maximum atomic E-state index is 12.0. The van der Waals surface area contributed by atoms with E-state index in [4.69, 9.17) is 10.5 Å². The third kappa shape index (κ3) is 3.06. The number of ether oxygens (including phenoxy) is 1. The van der Waals surface area contributed by atoms with Crippen LogP contribution in [0.1, 0.15) is 19.8 Å². The molecule has 1 aromatic carbocycles. The molecule has 0 spiro atoms. The van der Waals surface area contributed by atoms with Crippen molar-refractivity contribution in [3.63, 3.8) is 0 Å². The molecule has 18 heavy (non-hydrogen) atoms. The lowest BCUT2D eigenvalue weighted by atomic mass is 9.97. The Labute approximate surface area is 112 Å². The first-order chi connectivity index (χ1) is 8.66. The van der Waals surface area contributed by atoms with Crippen LogP contribution >= 0.6 is 11.8 Å². The van der Waals surface area contributed by atoms with Crippen LogP contribution in [0.3, 0.4) is 0 Å². The van der Waals surface area contributed by atoms with E-state index in [0.29, 0.717) is 12.4 Å². The Bertz CT molecular complexity index is 406. The summed E-state index contributed by atoms with van der Waals surface area (Å²) in [5, 5.41) is 0. The lowest BCUT2D eigenvalue weighted by Crippen LogP contribution is -2.53. The van der Waals surface area contributed by atoms with E-state index >= 15 is 0 Å². The average molecular weight is 265 g/mol. The summed E-state index contributed by atoms with van der Waals surface area (Å²) < 4.78 is 5.12. The molecular weight excluding hydrogens is 246 g/mol. The van der Waals surface area contributed by atoms with Crippen molar-refractivity contribution < 1.29 is 9.53 Å². The predicted octanol–water partition coefficient (Wildman–Crippen LogP) is 2.45. The van der Waals surface area contributed by atoms with Crippen LogP contribution in [-0.2, 0) is 9.53 Å². The number of rotatable bonds is 6. The number of nitrogens with two attached hydrogens (primary N) is 1. The zero-order chi connectivity index (χ0) is 13.0. The fraction of sp³-hybridized carbons (Fsp3) is 0.500. The Balaban J connectivity index is 2.00. The van der Waals surface area contributed by atoms with Crippen LogP contribution in [0.15, 0.2) is 35.2 Å². The Morgan fingerprint density at radius 2 is 2.11 bits per heavy atom. The van der Waals surface area contributed by atoms with Gasteiger partial charge < -0.3 is 10.5 Å². The summed E-state index contributed by atoms with van der Waals surface area (Å²) in [4.78, 5) is 13.1. The third-order valence-electron chi connectivity index (χ3n) is 3.18. The maximum Gasteiger partial charge on any atom is 0.327 e. The lowest BCUT2D eigenvalue weighted by Gasteiger charge is -2.26. The van der Waals surface area contributed by atoms with Crippen LogP contribution in [0.2, 0.25) is 0 Å². The Kier molecular flexibility index (Phi) is 4.30. The number of carbonyl (C=O) groups is 1. The number of benzene rings is 1. The quantitative estimate of drug-likeness (QED) is 0.634. The summed E-state index contributed by atoms with van der Waals surface area (Å²) in [7, 11) is 0. The summed E-state index contributed by atoms with van der Waals surface area (Å²) in [5.74, 6) is 0.615. The molecule has 98 valence electrons. The Morgan fingerprint density at radius 3 is 2.67 bits per heavy atom. The SMILES string of the molecule is CCOC(=O)C(N)(CSc1ccccc1)C1CC1. The van der Waals surface area contributed by atoms with Crippen LogP contribution in [0, 0.1) is 5.92 Å². The minimum absolute atomic E-state index is 0.254. The molecule has 0 bridgehead atoms. The van der Waals surface area contributed by atoms with Gasteiger partial charge in [0.05, 0.1) is 6.61 Å². The lowest BCUT2D eigenvalue weighted by molar-refractivity contribution is -0.149. The molecule has 0 aliphatic heterocycles. The van der Waals surface area contributed by atoms with Crippen molar-refractivity contribution in [1.29, 1.82) is 0 Å². The fourth-order valence-electron chi connectivity index (χ4n) is 1.93. The normalized spacial score (nSPS) is 18.1. The summed E-state index contributed by atoms with van der Waals surface area (Å²) in [6, 6.07) is 10.0. The highest BCUT2D eigenvalue weighted by Gasteiger charge is 2.49. The minimum atomic E-state index is -0.823. The fourth-order valence-corrected chi connectivity index (χ4v) is 3.04. The van der Waals surface area contributed by atoms with Gasteiger partial charge in [0.25, 0.3) is 0 Å². The minimum Gasteiger partial charge on any atom is -0.465 e. The van der Waals surface area contributed by atoms with Crippen molar-refractivity contribution in [3.05, 3.63) is 30.3 Å². The molecule has 1 aliphatic carbocycles. The molecule has 1 unspecified atom stereocenters. The zero-order valence-corrected chi connectivity index (χ0v) is 11.4. The molecule has 2 N–H and O–H groups in total. The van der Waals surface area contributed by atoms with Gasteiger partial charge in [-0.3, -0.25) is 4.79 Å². The van der Waals surface area contributed by atoms with E-state index in [0.717, 1.165) is 17.7 Å². The third-order valence-corrected chi connectivity index (χ3v) is 4.41. The average Bonchev–Trinajstić information content (AvgIpc) is 3.22. The molecule has 0 aromatic heterocycles. The summed E-state index contributed by atoms with van der Waals surface area (Å²) in [6.45, 7) is 2.20. The molecule has 1 aliphatic rings. The van der Waals surface area contributed by atoms with Gasteiger partial charge in [-0.25, -0.2) is 0 Å². The van der Waals surface area contributed by atoms with Crippen molar-refractivity contribution in [2.75, 3.05) is 12.4 Å². The van der Waals surface area contributed by atoms with E-state index in [9.17, 15) is 4.79 Å².